The Morgan fingerprint density at radius 2 is 1.68 bits per heavy atom. The molecule has 0 N–H and O–H groups in total. The third-order valence-corrected chi connectivity index (χ3v) is 3.32. The molecule has 0 spiro atoms. The zero-order chi connectivity index (χ0) is 16.1. The first-order chi connectivity index (χ1) is 10.5. The topological polar surface area (TPSA) is 35.5 Å². The number of hydrogen-bond acceptors (Lipinski definition) is 3. The van der Waals surface area contributed by atoms with Crippen LogP contribution in [0.25, 0.3) is 16.7 Å². The lowest BCUT2D eigenvalue weighted by Crippen LogP contribution is -2.05. The summed E-state index contributed by atoms with van der Waals surface area (Å²) in [5.41, 5.74) is 3.37. The van der Waals surface area contributed by atoms with E-state index in [4.69, 9.17) is 9.47 Å². The molecule has 3 heteroatoms. The van der Waals surface area contributed by atoms with E-state index >= 15 is 0 Å². The summed E-state index contributed by atoms with van der Waals surface area (Å²) in [7, 11) is 1.64. The van der Waals surface area contributed by atoms with E-state index < -0.39 is 0 Å². The number of rotatable bonds is 5. The first kappa shape index (κ1) is 15.9. The molecule has 0 aliphatic carbocycles. The van der Waals surface area contributed by atoms with E-state index in [2.05, 4.69) is 0 Å². The summed E-state index contributed by atoms with van der Waals surface area (Å²) in [6.45, 7) is 5.73. The second-order valence-electron chi connectivity index (χ2n) is 5.33. The lowest BCUT2D eigenvalue weighted by Gasteiger charge is -2.14. The Morgan fingerprint density at radius 3 is 2.23 bits per heavy atom. The van der Waals surface area contributed by atoms with Gasteiger partial charge in [0.15, 0.2) is 0 Å². The van der Waals surface area contributed by atoms with Crippen LogP contribution >= 0.6 is 0 Å². The summed E-state index contributed by atoms with van der Waals surface area (Å²) in [4.78, 5) is 11.0. The maximum Gasteiger partial charge on any atom is 0.128 e. The zero-order valence-corrected chi connectivity index (χ0v) is 13.3. The molecule has 2 aromatic carbocycles. The monoisotopic (exact) mass is 296 g/mol. The summed E-state index contributed by atoms with van der Waals surface area (Å²) in [5.74, 6) is 3.55. The third-order valence-electron chi connectivity index (χ3n) is 3.32. The second-order valence-corrected chi connectivity index (χ2v) is 5.33. The first-order valence-corrected chi connectivity index (χ1v) is 7.22. The van der Waals surface area contributed by atoms with E-state index in [1.807, 2.05) is 62.3 Å². The molecular formula is C19H20O3. The fourth-order valence-electron chi connectivity index (χ4n) is 2.26. The molecule has 0 saturated carbocycles. The van der Waals surface area contributed by atoms with Crippen molar-refractivity contribution < 1.29 is 14.3 Å². The molecule has 0 aliphatic rings. The van der Waals surface area contributed by atoms with Crippen LogP contribution in [0.2, 0.25) is 0 Å². The highest BCUT2D eigenvalue weighted by molar-refractivity contribution is 5.92. The predicted octanol–water partition coefficient (Wildman–Crippen LogP) is 4.38. The third kappa shape index (κ3) is 3.57. The molecule has 2 rings (SSSR count). The van der Waals surface area contributed by atoms with Gasteiger partial charge in [0.1, 0.15) is 17.4 Å². The van der Waals surface area contributed by atoms with Crippen molar-refractivity contribution in [2.24, 2.45) is 0 Å². The SMILES string of the molecule is COc1ccc(-c2cc(OC(C)C)ccc2C(C)=C=O)cc1. The lowest BCUT2D eigenvalue weighted by atomic mass is 9.95. The van der Waals surface area contributed by atoms with Gasteiger partial charge in [0, 0.05) is 5.57 Å². The van der Waals surface area contributed by atoms with Crippen molar-refractivity contribution in [2.45, 2.75) is 26.9 Å². The lowest BCUT2D eigenvalue weighted by molar-refractivity contribution is 0.242. The van der Waals surface area contributed by atoms with Crippen LogP contribution in [0, 0.1) is 0 Å². The number of allylic oxidation sites excluding steroid dienone is 1. The Kier molecular flexibility index (Phi) is 5.03. The normalized spacial score (nSPS) is 10.2. The van der Waals surface area contributed by atoms with Crippen LogP contribution in [0.5, 0.6) is 11.5 Å². The summed E-state index contributed by atoms with van der Waals surface area (Å²) in [6.07, 6.45) is 0.0947. The molecule has 0 atom stereocenters. The van der Waals surface area contributed by atoms with Crippen LogP contribution in [0.1, 0.15) is 26.3 Å². The molecule has 0 radical (unpaired) electrons. The molecule has 0 aromatic heterocycles. The van der Waals surface area contributed by atoms with Gasteiger partial charge in [-0.15, -0.1) is 0 Å². The van der Waals surface area contributed by atoms with Crippen molar-refractivity contribution in [3.63, 3.8) is 0 Å². The molecule has 114 valence electrons. The number of benzene rings is 2. The highest BCUT2D eigenvalue weighted by atomic mass is 16.5. The van der Waals surface area contributed by atoms with Crippen molar-refractivity contribution in [1.29, 1.82) is 0 Å². The van der Waals surface area contributed by atoms with Gasteiger partial charge in [-0.3, -0.25) is 0 Å². The molecule has 0 aliphatic heterocycles. The minimum Gasteiger partial charge on any atom is -0.497 e. The number of hydrogen-bond donors (Lipinski definition) is 0. The van der Waals surface area contributed by atoms with Gasteiger partial charge >= 0.3 is 0 Å². The predicted molar refractivity (Wildman–Crippen MR) is 89.0 cm³/mol. The van der Waals surface area contributed by atoms with Gasteiger partial charge in [0.2, 0.25) is 0 Å². The largest absolute Gasteiger partial charge is 0.497 e. The number of carbonyl (C=O) groups excluding carboxylic acids is 1. The van der Waals surface area contributed by atoms with Crippen LogP contribution < -0.4 is 9.47 Å². The van der Waals surface area contributed by atoms with Gasteiger partial charge in [0.25, 0.3) is 0 Å². The minimum absolute atomic E-state index is 0.0947. The standard InChI is InChI=1S/C19H20O3/c1-13(2)22-17-9-10-18(14(3)12-20)19(11-17)15-5-7-16(21-4)8-6-15/h5-11,13H,1-4H3. The molecule has 0 unspecified atom stereocenters. The molecule has 3 nitrogen and oxygen atoms in total. The van der Waals surface area contributed by atoms with E-state index in [9.17, 15) is 4.79 Å². The van der Waals surface area contributed by atoms with Crippen LogP contribution in [0.4, 0.5) is 0 Å². The van der Waals surface area contributed by atoms with Gasteiger partial charge in [-0.05, 0) is 67.8 Å². The van der Waals surface area contributed by atoms with E-state index in [0.29, 0.717) is 5.57 Å². The zero-order valence-electron chi connectivity index (χ0n) is 13.3. The van der Waals surface area contributed by atoms with Gasteiger partial charge in [-0.1, -0.05) is 12.1 Å². The first-order valence-electron chi connectivity index (χ1n) is 7.22. The van der Waals surface area contributed by atoms with Crippen molar-refractivity contribution in [2.75, 3.05) is 7.11 Å². The summed E-state index contributed by atoms with van der Waals surface area (Å²) in [6, 6.07) is 13.5. The van der Waals surface area contributed by atoms with Crippen molar-refractivity contribution >= 4 is 11.5 Å². The Balaban J connectivity index is 2.54. The second kappa shape index (κ2) is 6.97. The van der Waals surface area contributed by atoms with E-state index in [1.165, 1.54) is 0 Å². The average Bonchev–Trinajstić information content (AvgIpc) is 2.53. The van der Waals surface area contributed by atoms with Gasteiger partial charge < -0.3 is 9.47 Å². The Bertz CT molecular complexity index is 693. The molecule has 0 heterocycles. The van der Waals surface area contributed by atoms with E-state index in [-0.39, 0.29) is 6.10 Å². The summed E-state index contributed by atoms with van der Waals surface area (Å²) < 4.78 is 10.9. The van der Waals surface area contributed by atoms with E-state index in [0.717, 1.165) is 28.2 Å². The Morgan fingerprint density at radius 1 is 1.05 bits per heavy atom. The van der Waals surface area contributed by atoms with Crippen molar-refractivity contribution in [3.8, 4) is 22.6 Å². The van der Waals surface area contributed by atoms with Crippen molar-refractivity contribution in [3.05, 3.63) is 48.0 Å². The fourth-order valence-corrected chi connectivity index (χ4v) is 2.26. The van der Waals surface area contributed by atoms with Gasteiger partial charge in [-0.2, -0.15) is 0 Å². The quantitative estimate of drug-likeness (QED) is 0.768. The molecule has 0 fully saturated rings. The van der Waals surface area contributed by atoms with Gasteiger partial charge in [-0.25, -0.2) is 4.79 Å². The van der Waals surface area contributed by atoms with Crippen LogP contribution in [-0.4, -0.2) is 19.2 Å². The Hall–Kier alpha value is -2.51. The molecule has 0 saturated heterocycles. The highest BCUT2D eigenvalue weighted by Crippen LogP contribution is 2.32. The van der Waals surface area contributed by atoms with Crippen LogP contribution in [-0.2, 0) is 4.79 Å². The minimum atomic E-state index is 0.0947. The van der Waals surface area contributed by atoms with E-state index in [1.54, 1.807) is 14.0 Å². The molecule has 2 aromatic rings. The van der Waals surface area contributed by atoms with Crippen LogP contribution in [0.15, 0.2) is 42.5 Å². The molecule has 22 heavy (non-hydrogen) atoms. The number of methoxy groups -OCH3 is 1. The summed E-state index contributed by atoms with van der Waals surface area (Å²) >= 11 is 0. The maximum absolute atomic E-state index is 11.0. The summed E-state index contributed by atoms with van der Waals surface area (Å²) in [5, 5.41) is 0. The van der Waals surface area contributed by atoms with Crippen molar-refractivity contribution in [1.82, 2.24) is 0 Å². The van der Waals surface area contributed by atoms with Gasteiger partial charge in [0.05, 0.1) is 13.2 Å². The van der Waals surface area contributed by atoms with Crippen LogP contribution in [0.3, 0.4) is 0 Å². The fraction of sp³-hybridized carbons (Fsp3) is 0.263. The average molecular weight is 296 g/mol. The molecule has 0 bridgehead atoms. The number of ether oxygens (including phenoxy) is 2. The maximum atomic E-state index is 11.0. The molecule has 0 amide bonds. The smallest absolute Gasteiger partial charge is 0.128 e. The highest BCUT2D eigenvalue weighted by Gasteiger charge is 2.10. The molecular weight excluding hydrogens is 276 g/mol. The Labute approximate surface area is 131 Å².